The van der Waals surface area contributed by atoms with Crippen LogP contribution in [0.1, 0.15) is 6.92 Å². The Morgan fingerprint density at radius 3 is 2.57 bits per heavy atom. The maximum atomic E-state index is 4.91. The van der Waals surface area contributed by atoms with Crippen LogP contribution in [0.5, 0.6) is 0 Å². The molecule has 0 saturated carbocycles. The lowest BCUT2D eigenvalue weighted by atomic mass is 10.9. The van der Waals surface area contributed by atoms with Gasteiger partial charge >= 0.3 is 0 Å². The van der Waals surface area contributed by atoms with E-state index in [-0.39, 0.29) is 0 Å². The molecule has 4 nitrogen and oxygen atoms in total. The SMILES string of the molecule is CCON(C)NN. The molecule has 44 valence electrons. The van der Waals surface area contributed by atoms with E-state index in [1.165, 1.54) is 5.17 Å². The molecule has 0 spiro atoms. The van der Waals surface area contributed by atoms with Crippen molar-refractivity contribution in [2.75, 3.05) is 13.7 Å². The normalized spacial score (nSPS) is 10.3. The van der Waals surface area contributed by atoms with Crippen molar-refractivity contribution in [2.45, 2.75) is 6.92 Å². The van der Waals surface area contributed by atoms with Gasteiger partial charge in [-0.1, -0.05) is 0 Å². The summed E-state index contributed by atoms with van der Waals surface area (Å²) in [7, 11) is 1.68. The topological polar surface area (TPSA) is 50.5 Å². The fourth-order valence-corrected chi connectivity index (χ4v) is 0.231. The Morgan fingerprint density at radius 2 is 2.43 bits per heavy atom. The number of hydrogen-bond acceptors (Lipinski definition) is 4. The second-order valence-electron chi connectivity index (χ2n) is 1.04. The number of hydrazine groups is 2. The third kappa shape index (κ3) is 3.68. The van der Waals surface area contributed by atoms with E-state index in [2.05, 4.69) is 5.53 Å². The van der Waals surface area contributed by atoms with Crippen LogP contribution in [0.15, 0.2) is 0 Å². The number of nitrogens with zero attached hydrogens (tertiary/aromatic N) is 1. The first-order chi connectivity index (χ1) is 3.31. The van der Waals surface area contributed by atoms with Gasteiger partial charge in [-0.3, -0.25) is 10.7 Å². The van der Waals surface area contributed by atoms with E-state index in [9.17, 15) is 0 Å². The van der Waals surface area contributed by atoms with Crippen LogP contribution in [-0.2, 0) is 4.84 Å². The van der Waals surface area contributed by atoms with E-state index in [0.717, 1.165) is 0 Å². The lowest BCUT2D eigenvalue weighted by Crippen LogP contribution is -2.39. The minimum absolute atomic E-state index is 0.626. The molecule has 0 fully saturated rings. The molecule has 0 aliphatic heterocycles. The molecule has 0 radical (unpaired) electrons. The first kappa shape index (κ1) is 6.84. The molecule has 0 aromatic carbocycles. The van der Waals surface area contributed by atoms with Crippen LogP contribution in [0.3, 0.4) is 0 Å². The summed E-state index contributed by atoms with van der Waals surface area (Å²) in [6.45, 7) is 2.51. The largest absolute Gasteiger partial charge is 0.284 e. The third-order valence-corrected chi connectivity index (χ3v) is 0.505. The number of rotatable bonds is 3. The fraction of sp³-hybridized carbons (Fsp3) is 1.00. The van der Waals surface area contributed by atoms with Crippen molar-refractivity contribution in [3.8, 4) is 0 Å². The smallest absolute Gasteiger partial charge is 0.0673 e. The summed E-state index contributed by atoms with van der Waals surface area (Å²) >= 11 is 0. The molecule has 0 saturated heterocycles. The molecule has 0 aromatic rings. The third-order valence-electron chi connectivity index (χ3n) is 0.505. The summed E-state index contributed by atoms with van der Waals surface area (Å²) in [5.74, 6) is 4.91. The molecule has 0 rings (SSSR count). The highest BCUT2D eigenvalue weighted by molar-refractivity contribution is 4.06. The van der Waals surface area contributed by atoms with Crippen LogP contribution in [-0.4, -0.2) is 18.8 Å². The standard InChI is InChI=1S/C3H11N3O/c1-3-7-6(2)5-4/h5H,3-4H2,1-2H3. The molecule has 0 bridgehead atoms. The minimum atomic E-state index is 0.626. The number of nitrogens with two attached hydrogens (primary N) is 1. The highest BCUT2D eigenvalue weighted by Gasteiger charge is 1.85. The summed E-state index contributed by atoms with van der Waals surface area (Å²) < 4.78 is 0. The van der Waals surface area contributed by atoms with Gasteiger partial charge in [0.15, 0.2) is 0 Å². The van der Waals surface area contributed by atoms with Gasteiger partial charge in [0.2, 0.25) is 0 Å². The second kappa shape index (κ2) is 4.01. The van der Waals surface area contributed by atoms with E-state index in [1.807, 2.05) is 6.92 Å². The molecule has 0 aromatic heterocycles. The second-order valence-corrected chi connectivity index (χ2v) is 1.04. The quantitative estimate of drug-likeness (QED) is 0.366. The predicted octanol–water partition coefficient (Wildman–Crippen LogP) is -0.752. The Bertz CT molecular complexity index is 41.2. The van der Waals surface area contributed by atoms with Crippen molar-refractivity contribution in [1.82, 2.24) is 10.7 Å². The average Bonchev–Trinajstić information content (AvgIpc) is 1.68. The molecule has 4 heteroatoms. The van der Waals surface area contributed by atoms with Crippen molar-refractivity contribution < 1.29 is 4.84 Å². The maximum Gasteiger partial charge on any atom is 0.0673 e. The molecule has 0 aliphatic rings. The van der Waals surface area contributed by atoms with Crippen LogP contribution >= 0.6 is 0 Å². The van der Waals surface area contributed by atoms with Gasteiger partial charge in [-0.15, -0.1) is 5.17 Å². The summed E-state index contributed by atoms with van der Waals surface area (Å²) in [5.41, 5.74) is 2.28. The molecule has 7 heavy (non-hydrogen) atoms. The number of hydrogen-bond donors (Lipinski definition) is 2. The predicted molar refractivity (Wildman–Crippen MR) is 26.7 cm³/mol. The van der Waals surface area contributed by atoms with E-state index >= 15 is 0 Å². The van der Waals surface area contributed by atoms with E-state index < -0.39 is 0 Å². The monoisotopic (exact) mass is 105 g/mol. The highest BCUT2D eigenvalue weighted by Crippen LogP contribution is 1.71. The van der Waals surface area contributed by atoms with Gasteiger partial charge in [-0.2, -0.15) is 5.53 Å². The van der Waals surface area contributed by atoms with Gasteiger partial charge in [-0.25, -0.2) is 0 Å². The summed E-state index contributed by atoms with van der Waals surface area (Å²) in [5, 5.41) is 1.33. The summed E-state index contributed by atoms with van der Waals surface area (Å²) in [4.78, 5) is 4.79. The van der Waals surface area contributed by atoms with Crippen molar-refractivity contribution >= 4 is 0 Å². The molecule has 0 heterocycles. The first-order valence-electron chi connectivity index (χ1n) is 2.14. The minimum Gasteiger partial charge on any atom is -0.284 e. The van der Waals surface area contributed by atoms with Crippen LogP contribution < -0.4 is 11.4 Å². The van der Waals surface area contributed by atoms with Crippen molar-refractivity contribution in [3.63, 3.8) is 0 Å². The lowest BCUT2D eigenvalue weighted by Gasteiger charge is -2.11. The molecule has 0 atom stereocenters. The van der Waals surface area contributed by atoms with Gasteiger partial charge in [0, 0.05) is 7.05 Å². The fourth-order valence-electron chi connectivity index (χ4n) is 0.231. The Labute approximate surface area is 43.1 Å². The number of nitrogens with one attached hydrogen (secondary N) is 1. The highest BCUT2D eigenvalue weighted by atomic mass is 16.7. The Balaban J connectivity index is 2.83. The van der Waals surface area contributed by atoms with Gasteiger partial charge in [0.05, 0.1) is 6.61 Å². The van der Waals surface area contributed by atoms with Gasteiger partial charge in [0.1, 0.15) is 0 Å². The van der Waals surface area contributed by atoms with Crippen molar-refractivity contribution in [1.29, 1.82) is 0 Å². The molecule has 0 unspecified atom stereocenters. The molecular formula is C3H11N3O. The van der Waals surface area contributed by atoms with E-state index in [1.54, 1.807) is 7.05 Å². The zero-order valence-corrected chi connectivity index (χ0v) is 4.64. The lowest BCUT2D eigenvalue weighted by molar-refractivity contribution is -0.172. The van der Waals surface area contributed by atoms with Crippen LogP contribution in [0, 0.1) is 0 Å². The zero-order chi connectivity index (χ0) is 5.70. The van der Waals surface area contributed by atoms with Crippen LogP contribution in [0.25, 0.3) is 0 Å². The van der Waals surface area contributed by atoms with Gasteiger partial charge in [-0.05, 0) is 6.92 Å². The number of hydroxylamine groups is 1. The van der Waals surface area contributed by atoms with Crippen molar-refractivity contribution in [2.24, 2.45) is 5.84 Å². The summed E-state index contributed by atoms with van der Waals surface area (Å²) in [6, 6.07) is 0. The van der Waals surface area contributed by atoms with Crippen LogP contribution in [0.2, 0.25) is 0 Å². The molecule has 3 N–H and O–H groups in total. The molecule has 0 aliphatic carbocycles. The van der Waals surface area contributed by atoms with Crippen LogP contribution in [0.4, 0.5) is 0 Å². The van der Waals surface area contributed by atoms with E-state index in [0.29, 0.717) is 6.61 Å². The maximum absolute atomic E-state index is 4.91. The first-order valence-corrected chi connectivity index (χ1v) is 2.14. The Kier molecular flexibility index (Phi) is 3.92. The Morgan fingerprint density at radius 1 is 1.86 bits per heavy atom. The molecule has 0 amide bonds. The molecular weight excluding hydrogens is 94.1 g/mol. The zero-order valence-electron chi connectivity index (χ0n) is 4.64. The Hall–Kier alpha value is -0.160. The average molecular weight is 105 g/mol. The van der Waals surface area contributed by atoms with Gasteiger partial charge < -0.3 is 0 Å². The van der Waals surface area contributed by atoms with Gasteiger partial charge in [0.25, 0.3) is 0 Å². The van der Waals surface area contributed by atoms with E-state index in [4.69, 9.17) is 10.7 Å². The summed E-state index contributed by atoms with van der Waals surface area (Å²) in [6.07, 6.45) is 0. The van der Waals surface area contributed by atoms with Crippen molar-refractivity contribution in [3.05, 3.63) is 0 Å².